The first-order valence-corrected chi connectivity index (χ1v) is 8.29. The quantitative estimate of drug-likeness (QED) is 0.730. The molecule has 1 aliphatic rings. The van der Waals surface area contributed by atoms with Gasteiger partial charge in [-0.3, -0.25) is 0 Å². The number of hydrogen-bond acceptors (Lipinski definition) is 3. The van der Waals surface area contributed by atoms with Crippen LogP contribution in [0.4, 0.5) is 0 Å². The third-order valence-electron chi connectivity index (χ3n) is 4.94. The van der Waals surface area contributed by atoms with Crippen LogP contribution in [0.2, 0.25) is 0 Å². The van der Waals surface area contributed by atoms with Gasteiger partial charge < -0.3 is 9.47 Å². The van der Waals surface area contributed by atoms with Gasteiger partial charge in [-0.1, -0.05) is 12.1 Å². The van der Waals surface area contributed by atoms with Gasteiger partial charge in [0.1, 0.15) is 5.82 Å². The molecule has 120 valence electrons. The molecule has 5 nitrogen and oxygen atoms in total. The normalized spacial score (nSPS) is 17.2. The Morgan fingerprint density at radius 1 is 1.09 bits per heavy atom. The van der Waals surface area contributed by atoms with Gasteiger partial charge in [0.05, 0.1) is 6.04 Å². The van der Waals surface area contributed by atoms with Gasteiger partial charge in [-0.05, 0) is 52.0 Å². The predicted octanol–water partition coefficient (Wildman–Crippen LogP) is 3.01. The Hall–Kier alpha value is -2.14. The van der Waals surface area contributed by atoms with Gasteiger partial charge in [-0.25, -0.2) is 9.67 Å². The van der Waals surface area contributed by atoms with Crippen LogP contribution in [0, 0.1) is 6.92 Å². The Kier molecular flexibility index (Phi) is 3.45. The average molecular weight is 309 g/mol. The fourth-order valence-corrected chi connectivity index (χ4v) is 3.61. The van der Waals surface area contributed by atoms with E-state index in [-0.39, 0.29) is 0 Å². The number of aromatic nitrogens is 4. The summed E-state index contributed by atoms with van der Waals surface area (Å²) in [5, 5.41) is 5.98. The molecule has 0 aliphatic carbocycles. The summed E-state index contributed by atoms with van der Waals surface area (Å²) in [5.74, 6) is 1.86. The minimum absolute atomic E-state index is 0.446. The summed E-state index contributed by atoms with van der Waals surface area (Å²) >= 11 is 0. The molecular weight excluding hydrogens is 286 g/mol. The number of piperidine rings is 1. The Labute approximate surface area is 136 Å². The minimum Gasteiger partial charge on any atom is -0.351 e. The van der Waals surface area contributed by atoms with Crippen molar-refractivity contribution in [1.82, 2.24) is 24.2 Å². The molecule has 23 heavy (non-hydrogen) atoms. The topological polar surface area (TPSA) is 38.9 Å². The van der Waals surface area contributed by atoms with E-state index in [0.717, 1.165) is 37.6 Å². The first kappa shape index (κ1) is 14.5. The smallest absolute Gasteiger partial charge is 0.159 e. The van der Waals surface area contributed by atoms with Gasteiger partial charge >= 0.3 is 0 Å². The van der Waals surface area contributed by atoms with Gasteiger partial charge in [-0.15, -0.1) is 0 Å². The monoisotopic (exact) mass is 309 g/mol. The molecule has 1 aliphatic heterocycles. The van der Waals surface area contributed by atoms with Gasteiger partial charge in [0.25, 0.3) is 0 Å². The highest BCUT2D eigenvalue weighted by Gasteiger charge is 2.23. The molecule has 0 unspecified atom stereocenters. The van der Waals surface area contributed by atoms with Crippen LogP contribution in [-0.2, 0) is 7.05 Å². The molecule has 4 rings (SSSR count). The van der Waals surface area contributed by atoms with Crippen LogP contribution >= 0.6 is 0 Å². The molecule has 0 bridgehead atoms. The summed E-state index contributed by atoms with van der Waals surface area (Å²) in [4.78, 5) is 7.15. The van der Waals surface area contributed by atoms with Crippen molar-refractivity contribution < 1.29 is 0 Å². The molecular formula is C18H23N5. The summed E-state index contributed by atoms with van der Waals surface area (Å²) in [7, 11) is 4.27. The molecule has 3 heterocycles. The number of likely N-dealkylation sites (tertiary alicyclic amines) is 1. The Morgan fingerprint density at radius 3 is 2.65 bits per heavy atom. The van der Waals surface area contributed by atoms with Gasteiger partial charge in [0.15, 0.2) is 5.82 Å². The molecule has 0 atom stereocenters. The summed E-state index contributed by atoms with van der Waals surface area (Å²) in [6.45, 7) is 4.23. The molecule has 1 fully saturated rings. The molecule has 0 spiro atoms. The summed E-state index contributed by atoms with van der Waals surface area (Å²) in [6.07, 6.45) is 4.38. The van der Waals surface area contributed by atoms with E-state index in [9.17, 15) is 0 Å². The second kappa shape index (κ2) is 5.49. The largest absolute Gasteiger partial charge is 0.351 e. The fraction of sp³-hybridized carbons (Fsp3) is 0.444. The maximum Gasteiger partial charge on any atom is 0.159 e. The zero-order chi connectivity index (χ0) is 16.0. The lowest BCUT2D eigenvalue weighted by Gasteiger charge is -2.29. The van der Waals surface area contributed by atoms with Crippen molar-refractivity contribution in [1.29, 1.82) is 0 Å². The van der Waals surface area contributed by atoms with E-state index < -0.39 is 0 Å². The summed E-state index contributed by atoms with van der Waals surface area (Å²) < 4.78 is 4.33. The van der Waals surface area contributed by atoms with Gasteiger partial charge in [0.2, 0.25) is 0 Å². The number of fused-ring (bicyclic) bond motifs is 1. The standard InChI is InChI=1S/C18H23N5/c1-13-19-18(23(20-13)14-7-10-21(2)11-8-14)16-5-4-6-17-15(16)9-12-22(17)3/h4-6,9,12,14H,7-8,10-11H2,1-3H3. The first-order chi connectivity index (χ1) is 11.1. The zero-order valence-corrected chi connectivity index (χ0v) is 14.0. The van der Waals surface area contributed by atoms with E-state index in [1.165, 1.54) is 16.5 Å². The Morgan fingerprint density at radius 2 is 1.87 bits per heavy atom. The van der Waals surface area contributed by atoms with Crippen molar-refractivity contribution >= 4 is 10.9 Å². The van der Waals surface area contributed by atoms with Crippen molar-refractivity contribution in [2.24, 2.45) is 7.05 Å². The first-order valence-electron chi connectivity index (χ1n) is 8.29. The lowest BCUT2D eigenvalue weighted by Crippen LogP contribution is -2.32. The van der Waals surface area contributed by atoms with Crippen molar-refractivity contribution in [3.63, 3.8) is 0 Å². The number of benzene rings is 1. The van der Waals surface area contributed by atoms with E-state index in [4.69, 9.17) is 10.1 Å². The van der Waals surface area contributed by atoms with Gasteiger partial charge in [-0.2, -0.15) is 5.10 Å². The molecule has 1 saturated heterocycles. The maximum absolute atomic E-state index is 4.76. The molecule has 0 N–H and O–H groups in total. The lowest BCUT2D eigenvalue weighted by molar-refractivity contribution is 0.213. The third-order valence-corrected chi connectivity index (χ3v) is 4.94. The molecule has 1 aromatic carbocycles. The third kappa shape index (κ3) is 2.45. The van der Waals surface area contributed by atoms with Crippen molar-refractivity contribution in [3.05, 3.63) is 36.3 Å². The van der Waals surface area contributed by atoms with Crippen molar-refractivity contribution in [2.75, 3.05) is 20.1 Å². The number of rotatable bonds is 2. The Bertz CT molecular complexity index is 836. The average Bonchev–Trinajstić information content (AvgIpc) is 3.12. The van der Waals surface area contributed by atoms with E-state index in [0.29, 0.717) is 6.04 Å². The second-order valence-electron chi connectivity index (χ2n) is 6.63. The zero-order valence-electron chi connectivity index (χ0n) is 14.0. The van der Waals surface area contributed by atoms with Crippen LogP contribution in [0.25, 0.3) is 22.3 Å². The highest BCUT2D eigenvalue weighted by atomic mass is 15.4. The van der Waals surface area contributed by atoms with Crippen molar-refractivity contribution in [2.45, 2.75) is 25.8 Å². The van der Waals surface area contributed by atoms with E-state index in [1.807, 2.05) is 6.92 Å². The Balaban J connectivity index is 1.82. The highest BCUT2D eigenvalue weighted by Crippen LogP contribution is 2.32. The highest BCUT2D eigenvalue weighted by molar-refractivity contribution is 5.93. The van der Waals surface area contributed by atoms with E-state index >= 15 is 0 Å². The van der Waals surface area contributed by atoms with Crippen molar-refractivity contribution in [3.8, 4) is 11.4 Å². The molecule has 5 heteroatoms. The van der Waals surface area contributed by atoms with Crippen LogP contribution in [0.1, 0.15) is 24.7 Å². The van der Waals surface area contributed by atoms with Crippen LogP contribution in [0.15, 0.2) is 30.5 Å². The SMILES string of the molecule is Cc1nc(-c2cccc3c2ccn3C)n(C2CCN(C)CC2)n1. The van der Waals surface area contributed by atoms with Crippen LogP contribution in [0.3, 0.4) is 0 Å². The molecule has 0 saturated carbocycles. The number of hydrogen-bond donors (Lipinski definition) is 0. The minimum atomic E-state index is 0.446. The molecule has 2 aromatic heterocycles. The van der Waals surface area contributed by atoms with Gasteiger partial charge in [0, 0.05) is 29.7 Å². The summed E-state index contributed by atoms with van der Waals surface area (Å²) in [5.41, 5.74) is 2.42. The molecule has 3 aromatic rings. The molecule has 0 radical (unpaired) electrons. The van der Waals surface area contributed by atoms with E-state index in [2.05, 4.69) is 58.7 Å². The number of aryl methyl sites for hydroxylation is 2. The maximum atomic E-state index is 4.76. The predicted molar refractivity (Wildman–Crippen MR) is 92.4 cm³/mol. The van der Waals surface area contributed by atoms with E-state index in [1.54, 1.807) is 0 Å². The fourth-order valence-electron chi connectivity index (χ4n) is 3.61. The molecule has 0 amide bonds. The lowest BCUT2D eigenvalue weighted by atomic mass is 10.0. The van der Waals surface area contributed by atoms with Crippen LogP contribution in [-0.4, -0.2) is 44.4 Å². The van der Waals surface area contributed by atoms with Crippen LogP contribution in [0.5, 0.6) is 0 Å². The second-order valence-corrected chi connectivity index (χ2v) is 6.63. The number of nitrogens with zero attached hydrogens (tertiary/aromatic N) is 5. The van der Waals surface area contributed by atoms with Crippen LogP contribution < -0.4 is 0 Å². The summed E-state index contributed by atoms with van der Waals surface area (Å²) in [6, 6.07) is 9.05.